The SMILES string of the molecule is O=C(c1ccccc1)C(C(Sc1ccc(Cl)cc1)c1ccc(Br)cc1)[N+](=O)[O-]. The molecule has 0 saturated carbocycles. The van der Waals surface area contributed by atoms with Crippen molar-refractivity contribution in [2.75, 3.05) is 0 Å². The number of carbonyl (C=O) groups excluding carboxylic acids is 1. The monoisotopic (exact) mass is 475 g/mol. The molecule has 0 aliphatic rings. The highest BCUT2D eigenvalue weighted by molar-refractivity contribution is 9.10. The minimum Gasteiger partial charge on any atom is -0.286 e. The third-order valence-electron chi connectivity index (χ3n) is 4.12. The van der Waals surface area contributed by atoms with E-state index in [-0.39, 0.29) is 0 Å². The normalized spacial score (nSPS) is 12.9. The zero-order valence-corrected chi connectivity index (χ0v) is 17.7. The first-order valence-corrected chi connectivity index (χ1v) is 10.4. The molecule has 0 amide bonds. The van der Waals surface area contributed by atoms with Crippen molar-refractivity contribution in [1.29, 1.82) is 0 Å². The topological polar surface area (TPSA) is 60.2 Å². The van der Waals surface area contributed by atoms with Crippen LogP contribution in [0.1, 0.15) is 21.2 Å². The average molecular weight is 477 g/mol. The fourth-order valence-electron chi connectivity index (χ4n) is 2.74. The summed E-state index contributed by atoms with van der Waals surface area (Å²) in [7, 11) is 0. The lowest BCUT2D eigenvalue weighted by molar-refractivity contribution is -0.505. The van der Waals surface area contributed by atoms with Crippen LogP contribution in [-0.2, 0) is 0 Å². The molecular formula is C21H15BrClNO3S. The van der Waals surface area contributed by atoms with Gasteiger partial charge in [-0.1, -0.05) is 70.0 Å². The number of ketones is 1. The van der Waals surface area contributed by atoms with Gasteiger partial charge in [0, 0.05) is 24.9 Å². The number of benzene rings is 3. The number of thioether (sulfide) groups is 1. The van der Waals surface area contributed by atoms with Crippen molar-refractivity contribution < 1.29 is 9.72 Å². The number of hydrogen-bond acceptors (Lipinski definition) is 4. The van der Waals surface area contributed by atoms with E-state index in [9.17, 15) is 14.9 Å². The summed E-state index contributed by atoms with van der Waals surface area (Å²) in [4.78, 5) is 25.3. The summed E-state index contributed by atoms with van der Waals surface area (Å²) < 4.78 is 0.860. The predicted molar refractivity (Wildman–Crippen MR) is 116 cm³/mol. The van der Waals surface area contributed by atoms with Gasteiger partial charge in [0.25, 0.3) is 6.04 Å². The van der Waals surface area contributed by atoms with Gasteiger partial charge >= 0.3 is 0 Å². The molecule has 2 atom stereocenters. The largest absolute Gasteiger partial charge is 0.290 e. The Morgan fingerprint density at radius 3 is 2.14 bits per heavy atom. The van der Waals surface area contributed by atoms with Crippen LogP contribution in [-0.4, -0.2) is 16.7 Å². The van der Waals surface area contributed by atoms with E-state index in [4.69, 9.17) is 11.6 Å². The Labute approximate surface area is 180 Å². The number of carbonyl (C=O) groups is 1. The van der Waals surface area contributed by atoms with Gasteiger partial charge in [0.1, 0.15) is 5.25 Å². The van der Waals surface area contributed by atoms with E-state index in [1.54, 1.807) is 66.7 Å². The van der Waals surface area contributed by atoms with Crippen LogP contribution in [0, 0.1) is 10.1 Å². The van der Waals surface area contributed by atoms with Crippen LogP contribution < -0.4 is 0 Å². The van der Waals surface area contributed by atoms with Crippen LogP contribution >= 0.6 is 39.3 Å². The maximum atomic E-state index is 13.0. The second-order valence-corrected chi connectivity index (χ2v) is 8.57. The van der Waals surface area contributed by atoms with Crippen LogP contribution in [0.15, 0.2) is 88.2 Å². The van der Waals surface area contributed by atoms with Crippen molar-refractivity contribution in [3.05, 3.63) is 110 Å². The standard InChI is InChI=1S/C21H15BrClNO3S/c22-16-8-6-15(7-9-16)21(28-18-12-10-17(23)11-13-18)19(24(26)27)20(25)14-4-2-1-3-5-14/h1-13,19,21H. The average Bonchev–Trinajstić information content (AvgIpc) is 2.70. The molecule has 0 aromatic heterocycles. The van der Waals surface area contributed by atoms with Crippen LogP contribution in [0.2, 0.25) is 5.02 Å². The molecule has 3 rings (SSSR count). The molecular weight excluding hydrogens is 462 g/mol. The number of halogens is 2. The highest BCUT2D eigenvalue weighted by atomic mass is 79.9. The first-order chi connectivity index (χ1) is 13.5. The summed E-state index contributed by atoms with van der Waals surface area (Å²) in [5, 5.41) is 11.9. The molecule has 0 bridgehead atoms. The summed E-state index contributed by atoms with van der Waals surface area (Å²) in [5.74, 6) is -0.514. The van der Waals surface area contributed by atoms with E-state index >= 15 is 0 Å². The van der Waals surface area contributed by atoms with Crippen LogP contribution in [0.25, 0.3) is 0 Å². The molecule has 3 aromatic rings. The van der Waals surface area contributed by atoms with Gasteiger partial charge in [-0.05, 0) is 42.0 Å². The molecule has 0 heterocycles. The molecule has 0 saturated heterocycles. The van der Waals surface area contributed by atoms with E-state index in [1.165, 1.54) is 11.8 Å². The first-order valence-electron chi connectivity index (χ1n) is 8.36. The number of nitrogens with zero attached hydrogens (tertiary/aromatic N) is 1. The Kier molecular flexibility index (Phi) is 6.88. The fourth-order valence-corrected chi connectivity index (χ4v) is 4.37. The van der Waals surface area contributed by atoms with Gasteiger partial charge < -0.3 is 0 Å². The highest BCUT2D eigenvalue weighted by Gasteiger charge is 2.40. The second-order valence-electron chi connectivity index (χ2n) is 6.00. The van der Waals surface area contributed by atoms with E-state index in [0.29, 0.717) is 16.1 Å². The lowest BCUT2D eigenvalue weighted by Crippen LogP contribution is -2.34. The fraction of sp³-hybridized carbons (Fsp3) is 0.0952. The number of Topliss-reactive ketones (excluding diaryl/α,β-unsaturated/α-hetero) is 1. The third-order valence-corrected chi connectivity index (χ3v) is 6.22. The van der Waals surface area contributed by atoms with E-state index in [1.807, 2.05) is 12.1 Å². The summed E-state index contributed by atoms with van der Waals surface area (Å²) in [6.07, 6.45) is 0. The lowest BCUT2D eigenvalue weighted by Gasteiger charge is -2.20. The molecule has 3 aromatic carbocycles. The zero-order chi connectivity index (χ0) is 20.1. The minimum absolute atomic E-state index is 0.322. The molecule has 0 fully saturated rings. The van der Waals surface area contributed by atoms with Crippen molar-refractivity contribution in [3.63, 3.8) is 0 Å². The van der Waals surface area contributed by atoms with Gasteiger partial charge in [0.15, 0.2) is 0 Å². The Balaban J connectivity index is 2.03. The molecule has 4 nitrogen and oxygen atoms in total. The van der Waals surface area contributed by atoms with Gasteiger partial charge in [-0.3, -0.25) is 14.9 Å². The molecule has 0 aliphatic carbocycles. The van der Waals surface area contributed by atoms with E-state index in [2.05, 4.69) is 15.9 Å². The summed E-state index contributed by atoms with van der Waals surface area (Å²) in [5.41, 5.74) is 1.03. The highest BCUT2D eigenvalue weighted by Crippen LogP contribution is 2.40. The Morgan fingerprint density at radius 1 is 0.964 bits per heavy atom. The minimum atomic E-state index is -1.43. The Hall–Kier alpha value is -2.15. The van der Waals surface area contributed by atoms with E-state index in [0.717, 1.165) is 9.37 Å². The summed E-state index contributed by atoms with van der Waals surface area (Å²) >= 11 is 10.6. The lowest BCUT2D eigenvalue weighted by atomic mass is 9.97. The van der Waals surface area contributed by atoms with Crippen LogP contribution in [0.5, 0.6) is 0 Å². The Bertz CT molecular complexity index is 965. The molecule has 0 spiro atoms. The molecule has 142 valence electrons. The van der Waals surface area contributed by atoms with Crippen LogP contribution in [0.3, 0.4) is 0 Å². The summed E-state index contributed by atoms with van der Waals surface area (Å²) in [6, 6.07) is 21.2. The van der Waals surface area contributed by atoms with E-state index < -0.39 is 22.0 Å². The number of nitro groups is 1. The van der Waals surface area contributed by atoms with Gasteiger partial charge in [-0.2, -0.15) is 0 Å². The number of rotatable bonds is 7. The van der Waals surface area contributed by atoms with Crippen molar-refractivity contribution in [1.82, 2.24) is 0 Å². The second kappa shape index (κ2) is 9.37. The maximum absolute atomic E-state index is 13.0. The van der Waals surface area contributed by atoms with Gasteiger partial charge in [-0.25, -0.2) is 0 Å². The zero-order valence-electron chi connectivity index (χ0n) is 14.5. The van der Waals surface area contributed by atoms with Gasteiger partial charge in [0.2, 0.25) is 5.78 Å². The molecule has 28 heavy (non-hydrogen) atoms. The van der Waals surface area contributed by atoms with Crippen LogP contribution in [0.4, 0.5) is 0 Å². The molecule has 2 unspecified atom stereocenters. The third kappa shape index (κ3) is 5.01. The Morgan fingerprint density at radius 2 is 1.57 bits per heavy atom. The van der Waals surface area contributed by atoms with Crippen molar-refractivity contribution in [2.24, 2.45) is 0 Å². The van der Waals surface area contributed by atoms with Gasteiger partial charge in [-0.15, -0.1) is 11.8 Å². The summed E-state index contributed by atoms with van der Waals surface area (Å²) in [6.45, 7) is 0. The van der Waals surface area contributed by atoms with Crippen molar-refractivity contribution in [2.45, 2.75) is 16.2 Å². The first kappa shape index (κ1) is 20.6. The smallest absolute Gasteiger partial charge is 0.286 e. The molecule has 0 radical (unpaired) electrons. The van der Waals surface area contributed by atoms with Crippen molar-refractivity contribution >= 4 is 45.1 Å². The molecule has 0 aliphatic heterocycles. The predicted octanol–water partition coefficient (Wildman–Crippen LogP) is 6.46. The molecule has 0 N–H and O–H groups in total. The number of hydrogen-bond donors (Lipinski definition) is 0. The van der Waals surface area contributed by atoms with Gasteiger partial charge in [0.05, 0.1) is 0 Å². The maximum Gasteiger partial charge on any atom is 0.290 e. The van der Waals surface area contributed by atoms with Crippen molar-refractivity contribution in [3.8, 4) is 0 Å². The molecule has 7 heteroatoms. The quantitative estimate of drug-likeness (QED) is 0.170.